The first-order valence-electron chi connectivity index (χ1n) is 7.76. The molecule has 1 saturated carbocycles. The lowest BCUT2D eigenvalue weighted by molar-refractivity contribution is -0.139. The number of aromatic nitrogens is 4. The Bertz CT molecular complexity index is 663. The molecule has 0 unspecified atom stereocenters. The Labute approximate surface area is 123 Å². The van der Waals surface area contributed by atoms with Crippen LogP contribution in [0.3, 0.4) is 0 Å². The predicted octanol–water partition coefficient (Wildman–Crippen LogP) is 1.86. The Morgan fingerprint density at radius 3 is 2.86 bits per heavy atom. The van der Waals surface area contributed by atoms with E-state index < -0.39 is 0 Å². The number of aromatic amines is 1. The zero-order chi connectivity index (χ0) is 14.2. The smallest absolute Gasteiger partial charge is 0.225 e. The van der Waals surface area contributed by atoms with Gasteiger partial charge in [0.1, 0.15) is 5.52 Å². The van der Waals surface area contributed by atoms with E-state index in [1.807, 2.05) is 4.90 Å². The Balaban J connectivity index is 1.56. The lowest BCUT2D eigenvalue weighted by Crippen LogP contribution is -2.44. The fraction of sp³-hybridized carbons (Fsp3) is 0.600. The van der Waals surface area contributed by atoms with Crippen molar-refractivity contribution in [3.8, 4) is 0 Å². The van der Waals surface area contributed by atoms with Gasteiger partial charge in [-0.15, -0.1) is 0 Å². The van der Waals surface area contributed by atoms with Gasteiger partial charge in [-0.3, -0.25) is 9.89 Å². The summed E-state index contributed by atoms with van der Waals surface area (Å²) in [5.41, 5.74) is 2.54. The van der Waals surface area contributed by atoms with Crippen LogP contribution in [0.5, 0.6) is 0 Å². The Morgan fingerprint density at radius 2 is 2.05 bits per heavy atom. The van der Waals surface area contributed by atoms with Gasteiger partial charge in [0.05, 0.1) is 5.69 Å². The number of nitrogens with one attached hydrogen (secondary N) is 1. The van der Waals surface area contributed by atoms with E-state index in [0.29, 0.717) is 17.5 Å². The van der Waals surface area contributed by atoms with Crippen LogP contribution < -0.4 is 0 Å². The molecule has 0 bridgehead atoms. The highest BCUT2D eigenvalue weighted by Crippen LogP contribution is 2.33. The lowest BCUT2D eigenvalue weighted by Gasteiger charge is -2.36. The predicted molar refractivity (Wildman–Crippen MR) is 77.6 cm³/mol. The standard InChI is InChI=1S/C15H19N5O/c21-15(10-3-1-4-10)20-8-2-5-11(9-20)12-13-14(19-18-12)17-7-6-16-13/h6-7,10-11H,1-5,8-9H2,(H,17,18,19)/t11-/m1/s1. The van der Waals surface area contributed by atoms with Gasteiger partial charge in [0.25, 0.3) is 0 Å². The third-order valence-electron chi connectivity index (χ3n) is 4.81. The number of H-pyrrole nitrogens is 1. The molecule has 3 heterocycles. The zero-order valence-electron chi connectivity index (χ0n) is 12.0. The second-order valence-corrected chi connectivity index (χ2v) is 6.12. The topological polar surface area (TPSA) is 74.8 Å². The van der Waals surface area contributed by atoms with Gasteiger partial charge >= 0.3 is 0 Å². The van der Waals surface area contributed by atoms with E-state index in [9.17, 15) is 4.79 Å². The Kier molecular flexibility index (Phi) is 3.09. The fourth-order valence-corrected chi connectivity index (χ4v) is 3.38. The molecule has 110 valence electrons. The average molecular weight is 285 g/mol. The van der Waals surface area contributed by atoms with Gasteiger partial charge in [-0.1, -0.05) is 6.42 Å². The highest BCUT2D eigenvalue weighted by Gasteiger charge is 2.33. The van der Waals surface area contributed by atoms with E-state index in [1.165, 1.54) is 6.42 Å². The van der Waals surface area contributed by atoms with Crippen LogP contribution in [0.25, 0.3) is 11.2 Å². The maximum Gasteiger partial charge on any atom is 0.225 e. The number of fused-ring (bicyclic) bond motifs is 1. The number of rotatable bonds is 2. The van der Waals surface area contributed by atoms with Crippen molar-refractivity contribution < 1.29 is 4.79 Å². The van der Waals surface area contributed by atoms with Crippen molar-refractivity contribution in [3.63, 3.8) is 0 Å². The van der Waals surface area contributed by atoms with Crippen LogP contribution in [-0.4, -0.2) is 44.1 Å². The summed E-state index contributed by atoms with van der Waals surface area (Å²) >= 11 is 0. The minimum atomic E-state index is 0.280. The molecule has 0 aromatic carbocycles. The summed E-state index contributed by atoms with van der Waals surface area (Å²) in [6.07, 6.45) is 8.80. The maximum atomic E-state index is 12.4. The highest BCUT2D eigenvalue weighted by atomic mass is 16.2. The van der Waals surface area contributed by atoms with Crippen molar-refractivity contribution in [2.45, 2.75) is 38.0 Å². The number of carbonyl (C=O) groups is 1. The second-order valence-electron chi connectivity index (χ2n) is 6.12. The quantitative estimate of drug-likeness (QED) is 0.914. The van der Waals surface area contributed by atoms with Crippen LogP contribution in [0.4, 0.5) is 0 Å². The SMILES string of the molecule is O=C(C1CCC1)N1CCC[C@@H](c2[nH]nc3nccnc23)C1. The molecule has 1 saturated heterocycles. The summed E-state index contributed by atoms with van der Waals surface area (Å²) in [5, 5.41) is 7.31. The first-order chi connectivity index (χ1) is 10.3. The molecular formula is C15H19N5O. The van der Waals surface area contributed by atoms with E-state index in [-0.39, 0.29) is 5.92 Å². The molecule has 4 rings (SSSR count). The van der Waals surface area contributed by atoms with Crippen molar-refractivity contribution >= 4 is 17.1 Å². The molecule has 2 aromatic heterocycles. The number of carbonyl (C=O) groups excluding carboxylic acids is 1. The molecule has 1 N–H and O–H groups in total. The monoisotopic (exact) mass is 285 g/mol. The van der Waals surface area contributed by atoms with Gasteiger partial charge in [0.15, 0.2) is 5.65 Å². The van der Waals surface area contributed by atoms with Crippen LogP contribution >= 0.6 is 0 Å². The highest BCUT2D eigenvalue weighted by molar-refractivity contribution is 5.80. The van der Waals surface area contributed by atoms with E-state index >= 15 is 0 Å². The minimum absolute atomic E-state index is 0.280. The van der Waals surface area contributed by atoms with E-state index in [4.69, 9.17) is 0 Å². The fourth-order valence-electron chi connectivity index (χ4n) is 3.38. The molecule has 1 atom stereocenters. The normalized spacial score (nSPS) is 23.2. The third-order valence-corrected chi connectivity index (χ3v) is 4.81. The first kappa shape index (κ1) is 12.7. The molecule has 21 heavy (non-hydrogen) atoms. The number of nitrogens with zero attached hydrogens (tertiary/aromatic N) is 4. The van der Waals surface area contributed by atoms with Crippen LogP contribution in [0.2, 0.25) is 0 Å². The zero-order valence-corrected chi connectivity index (χ0v) is 12.0. The summed E-state index contributed by atoms with van der Waals surface area (Å²) in [7, 11) is 0. The second kappa shape index (κ2) is 5.09. The van der Waals surface area contributed by atoms with Crippen molar-refractivity contribution in [1.82, 2.24) is 25.1 Å². The number of likely N-dealkylation sites (tertiary alicyclic amines) is 1. The van der Waals surface area contributed by atoms with E-state index in [2.05, 4.69) is 20.2 Å². The molecule has 0 radical (unpaired) electrons. The van der Waals surface area contributed by atoms with Gasteiger partial charge < -0.3 is 4.90 Å². The van der Waals surface area contributed by atoms with Crippen LogP contribution in [0.1, 0.15) is 43.7 Å². The van der Waals surface area contributed by atoms with Gasteiger partial charge in [-0.2, -0.15) is 5.10 Å². The summed E-state index contributed by atoms with van der Waals surface area (Å²) < 4.78 is 0. The molecule has 1 amide bonds. The first-order valence-corrected chi connectivity index (χ1v) is 7.76. The molecule has 2 fully saturated rings. The number of hydrogen-bond donors (Lipinski definition) is 1. The molecule has 2 aromatic rings. The summed E-state index contributed by atoms with van der Waals surface area (Å²) in [6.45, 7) is 1.67. The van der Waals surface area contributed by atoms with E-state index in [1.54, 1.807) is 12.4 Å². The molecule has 0 spiro atoms. The minimum Gasteiger partial charge on any atom is -0.342 e. The van der Waals surface area contributed by atoms with Gasteiger partial charge in [0, 0.05) is 37.3 Å². The molecule has 6 heteroatoms. The van der Waals surface area contributed by atoms with E-state index in [0.717, 1.165) is 50.0 Å². The van der Waals surface area contributed by atoms with Crippen LogP contribution in [0, 0.1) is 5.92 Å². The molecular weight excluding hydrogens is 266 g/mol. The average Bonchev–Trinajstić information content (AvgIpc) is 2.89. The van der Waals surface area contributed by atoms with Crippen LogP contribution in [0.15, 0.2) is 12.4 Å². The van der Waals surface area contributed by atoms with Crippen molar-refractivity contribution in [2.75, 3.05) is 13.1 Å². The summed E-state index contributed by atoms with van der Waals surface area (Å²) in [5.74, 6) is 0.924. The number of piperidine rings is 1. The van der Waals surface area contributed by atoms with Crippen molar-refractivity contribution in [1.29, 1.82) is 0 Å². The van der Waals surface area contributed by atoms with Gasteiger partial charge in [-0.25, -0.2) is 9.97 Å². The largest absolute Gasteiger partial charge is 0.342 e. The number of hydrogen-bond acceptors (Lipinski definition) is 4. The van der Waals surface area contributed by atoms with Gasteiger partial charge in [-0.05, 0) is 25.7 Å². The molecule has 2 aliphatic rings. The molecule has 6 nitrogen and oxygen atoms in total. The number of amides is 1. The third kappa shape index (κ3) is 2.18. The maximum absolute atomic E-state index is 12.4. The molecule has 1 aliphatic heterocycles. The Morgan fingerprint density at radius 1 is 1.19 bits per heavy atom. The van der Waals surface area contributed by atoms with Crippen LogP contribution in [-0.2, 0) is 4.79 Å². The summed E-state index contributed by atoms with van der Waals surface area (Å²) in [4.78, 5) is 23.1. The van der Waals surface area contributed by atoms with Crippen molar-refractivity contribution in [3.05, 3.63) is 18.1 Å². The lowest BCUT2D eigenvalue weighted by atomic mass is 9.83. The van der Waals surface area contributed by atoms with Crippen molar-refractivity contribution in [2.24, 2.45) is 5.92 Å². The van der Waals surface area contributed by atoms with Gasteiger partial charge in [0.2, 0.25) is 5.91 Å². The molecule has 1 aliphatic carbocycles. The summed E-state index contributed by atoms with van der Waals surface area (Å²) in [6, 6.07) is 0. The Hall–Kier alpha value is -1.98.